The number of carbonyl (C=O) groups is 1. The molecule has 94 valence electrons. The van der Waals surface area contributed by atoms with Crippen LogP contribution in [0.15, 0.2) is 18.2 Å². The molecule has 1 aromatic rings. The lowest BCUT2D eigenvalue weighted by molar-refractivity contribution is 0.100. The number of primary amides is 1. The van der Waals surface area contributed by atoms with Gasteiger partial charge in [-0.15, -0.1) is 0 Å². The van der Waals surface area contributed by atoms with Gasteiger partial charge in [0.05, 0.1) is 5.56 Å². The summed E-state index contributed by atoms with van der Waals surface area (Å²) in [6.07, 6.45) is 3.05. The van der Waals surface area contributed by atoms with Gasteiger partial charge in [-0.25, -0.2) is 0 Å². The molecule has 0 heterocycles. The van der Waals surface area contributed by atoms with Gasteiger partial charge in [0, 0.05) is 23.2 Å². The monoisotopic (exact) mass is 253 g/mol. The fraction of sp³-hybridized carbons (Fsp3) is 0.417. The zero-order chi connectivity index (χ0) is 12.8. The van der Waals surface area contributed by atoms with E-state index in [1.165, 1.54) is 0 Å². The summed E-state index contributed by atoms with van der Waals surface area (Å²) in [6.45, 7) is 2.11. The highest BCUT2D eigenvalue weighted by atomic mass is 32.2. The van der Waals surface area contributed by atoms with Gasteiger partial charge in [0.1, 0.15) is 0 Å². The van der Waals surface area contributed by atoms with Gasteiger partial charge in [-0.05, 0) is 30.9 Å². The van der Waals surface area contributed by atoms with Crippen molar-refractivity contribution in [2.45, 2.75) is 19.4 Å². The molecule has 0 saturated carbocycles. The van der Waals surface area contributed by atoms with Gasteiger partial charge in [0.25, 0.3) is 5.91 Å². The van der Waals surface area contributed by atoms with Crippen LogP contribution < -0.4 is 16.8 Å². The first kappa shape index (κ1) is 13.7. The highest BCUT2D eigenvalue weighted by Gasteiger charge is 2.12. The molecule has 0 aliphatic rings. The third-order valence-corrected chi connectivity index (χ3v) is 3.27. The molecule has 1 atom stereocenters. The molecular weight excluding hydrogens is 234 g/mol. The van der Waals surface area contributed by atoms with Crippen LogP contribution in [0, 0.1) is 0 Å². The molecule has 1 rings (SSSR count). The van der Waals surface area contributed by atoms with Crippen molar-refractivity contribution < 1.29 is 4.79 Å². The fourth-order valence-corrected chi connectivity index (χ4v) is 2.30. The van der Waals surface area contributed by atoms with E-state index < -0.39 is 5.91 Å². The molecule has 1 amide bonds. The molecule has 1 aromatic carbocycles. The second-order valence-corrected chi connectivity index (χ2v) is 4.78. The predicted octanol–water partition coefficient (Wildman–Crippen LogP) is 1.92. The van der Waals surface area contributed by atoms with Gasteiger partial charge >= 0.3 is 0 Å². The number of anilines is 2. The summed E-state index contributed by atoms with van der Waals surface area (Å²) in [5, 5.41) is 3.33. The minimum Gasteiger partial charge on any atom is -0.399 e. The summed E-state index contributed by atoms with van der Waals surface area (Å²) in [7, 11) is 0. The zero-order valence-electron chi connectivity index (χ0n) is 10.2. The van der Waals surface area contributed by atoms with Crippen LogP contribution in [0.5, 0.6) is 0 Å². The highest BCUT2D eigenvalue weighted by Crippen LogP contribution is 2.20. The van der Waals surface area contributed by atoms with Gasteiger partial charge in [0.15, 0.2) is 0 Å². The van der Waals surface area contributed by atoms with E-state index in [0.717, 1.165) is 17.9 Å². The average molecular weight is 253 g/mol. The molecule has 5 heteroatoms. The average Bonchev–Trinajstić information content (AvgIpc) is 2.30. The van der Waals surface area contributed by atoms with E-state index >= 15 is 0 Å². The first-order valence-corrected chi connectivity index (χ1v) is 6.92. The number of rotatable bonds is 6. The number of thioether (sulfide) groups is 1. The number of nitrogens with one attached hydrogen (secondary N) is 1. The van der Waals surface area contributed by atoms with E-state index in [2.05, 4.69) is 18.5 Å². The largest absolute Gasteiger partial charge is 0.399 e. The van der Waals surface area contributed by atoms with Crippen LogP contribution in [-0.4, -0.2) is 24.0 Å². The van der Waals surface area contributed by atoms with E-state index in [1.54, 1.807) is 30.0 Å². The summed E-state index contributed by atoms with van der Waals surface area (Å²) in [5.41, 5.74) is 12.7. The van der Waals surface area contributed by atoms with E-state index in [4.69, 9.17) is 11.5 Å². The molecule has 4 nitrogen and oxygen atoms in total. The molecule has 1 unspecified atom stereocenters. The molecule has 0 spiro atoms. The molecule has 0 aromatic heterocycles. The summed E-state index contributed by atoms with van der Waals surface area (Å²) >= 11 is 1.77. The second-order valence-electron chi connectivity index (χ2n) is 3.87. The molecule has 0 aliphatic carbocycles. The van der Waals surface area contributed by atoms with Crippen LogP contribution in [0.25, 0.3) is 0 Å². The number of nitrogens with two attached hydrogens (primary N) is 2. The van der Waals surface area contributed by atoms with Crippen molar-refractivity contribution in [3.63, 3.8) is 0 Å². The van der Waals surface area contributed by atoms with Crippen LogP contribution >= 0.6 is 11.8 Å². The molecular formula is C12H19N3OS. The number of hydrogen-bond donors (Lipinski definition) is 3. The molecule has 0 aliphatic heterocycles. The third-order valence-electron chi connectivity index (χ3n) is 2.53. The van der Waals surface area contributed by atoms with Gasteiger partial charge in [0.2, 0.25) is 0 Å². The minimum absolute atomic E-state index is 0.326. The summed E-state index contributed by atoms with van der Waals surface area (Å²) < 4.78 is 0. The standard InChI is InChI=1S/C12H19N3OS/c1-3-9(7-17-2)15-11-5-4-8(13)6-10(11)12(14)16/h4-6,9,15H,3,7,13H2,1-2H3,(H2,14,16). The van der Waals surface area contributed by atoms with Crippen LogP contribution in [0.2, 0.25) is 0 Å². The number of hydrogen-bond acceptors (Lipinski definition) is 4. The molecule has 0 fully saturated rings. The number of amides is 1. The smallest absolute Gasteiger partial charge is 0.250 e. The minimum atomic E-state index is -0.459. The first-order valence-electron chi connectivity index (χ1n) is 5.53. The van der Waals surface area contributed by atoms with Crippen LogP contribution in [0.4, 0.5) is 11.4 Å². The summed E-state index contributed by atoms with van der Waals surface area (Å²) in [5.74, 6) is 0.526. The molecule has 0 radical (unpaired) electrons. The van der Waals surface area contributed by atoms with Gasteiger partial charge < -0.3 is 16.8 Å². The quantitative estimate of drug-likeness (QED) is 0.677. The van der Waals surface area contributed by atoms with E-state index in [0.29, 0.717) is 17.3 Å². The fourth-order valence-electron chi connectivity index (χ4n) is 1.57. The number of benzene rings is 1. The topological polar surface area (TPSA) is 81.1 Å². The SMILES string of the molecule is CCC(CSC)Nc1ccc(N)cc1C(N)=O. The Balaban J connectivity index is 2.92. The maximum absolute atomic E-state index is 11.3. The van der Waals surface area contributed by atoms with Crippen molar-refractivity contribution in [3.05, 3.63) is 23.8 Å². The predicted molar refractivity (Wildman–Crippen MR) is 75.5 cm³/mol. The molecule has 0 bridgehead atoms. The molecule has 0 saturated heterocycles. The normalized spacial score (nSPS) is 12.1. The highest BCUT2D eigenvalue weighted by molar-refractivity contribution is 7.98. The second kappa shape index (κ2) is 6.39. The lowest BCUT2D eigenvalue weighted by Gasteiger charge is -2.19. The lowest BCUT2D eigenvalue weighted by Crippen LogP contribution is -2.24. The van der Waals surface area contributed by atoms with Crippen molar-refractivity contribution in [3.8, 4) is 0 Å². The van der Waals surface area contributed by atoms with Crippen LogP contribution in [-0.2, 0) is 0 Å². The van der Waals surface area contributed by atoms with E-state index in [9.17, 15) is 4.79 Å². The van der Waals surface area contributed by atoms with Crippen molar-refractivity contribution in [2.75, 3.05) is 23.1 Å². The van der Waals surface area contributed by atoms with Crippen molar-refractivity contribution in [2.24, 2.45) is 5.73 Å². The van der Waals surface area contributed by atoms with Crippen LogP contribution in [0.1, 0.15) is 23.7 Å². The van der Waals surface area contributed by atoms with Crippen molar-refractivity contribution in [1.29, 1.82) is 0 Å². The third kappa shape index (κ3) is 3.85. The maximum Gasteiger partial charge on any atom is 0.250 e. The summed E-state index contributed by atoms with van der Waals surface area (Å²) in [6, 6.07) is 5.50. The Labute approximate surface area is 106 Å². The maximum atomic E-state index is 11.3. The number of carbonyl (C=O) groups excluding carboxylic acids is 1. The van der Waals surface area contributed by atoms with Gasteiger partial charge in [-0.2, -0.15) is 11.8 Å². The van der Waals surface area contributed by atoms with Crippen molar-refractivity contribution >= 4 is 29.0 Å². The lowest BCUT2D eigenvalue weighted by atomic mass is 10.1. The Hall–Kier alpha value is -1.36. The molecule has 17 heavy (non-hydrogen) atoms. The Morgan fingerprint density at radius 1 is 1.53 bits per heavy atom. The van der Waals surface area contributed by atoms with Gasteiger partial charge in [-0.3, -0.25) is 4.79 Å². The first-order chi connectivity index (χ1) is 8.08. The summed E-state index contributed by atoms with van der Waals surface area (Å²) in [4.78, 5) is 11.3. The number of nitrogen functional groups attached to an aromatic ring is 1. The zero-order valence-corrected chi connectivity index (χ0v) is 11.0. The van der Waals surface area contributed by atoms with Crippen LogP contribution in [0.3, 0.4) is 0 Å². The Morgan fingerprint density at radius 2 is 2.24 bits per heavy atom. The molecule has 5 N–H and O–H groups in total. The van der Waals surface area contributed by atoms with Crippen molar-refractivity contribution in [1.82, 2.24) is 0 Å². The van der Waals surface area contributed by atoms with E-state index in [-0.39, 0.29) is 0 Å². The Morgan fingerprint density at radius 3 is 2.76 bits per heavy atom. The van der Waals surface area contributed by atoms with Gasteiger partial charge in [-0.1, -0.05) is 6.92 Å². The van der Waals surface area contributed by atoms with E-state index in [1.807, 2.05) is 0 Å². The Bertz CT molecular complexity index is 395. The Kier molecular flexibility index (Phi) is 5.15.